The maximum atomic E-state index is 12.5. The number of ether oxygens (including phenoxy) is 2. The number of aromatic nitrogens is 1. The number of esters is 2. The van der Waals surface area contributed by atoms with E-state index in [2.05, 4.69) is 9.47 Å². The van der Waals surface area contributed by atoms with Crippen LogP contribution in [0.1, 0.15) is 22.5 Å². The van der Waals surface area contributed by atoms with Gasteiger partial charge in [0, 0.05) is 18.0 Å². The molecule has 0 bridgehead atoms. The summed E-state index contributed by atoms with van der Waals surface area (Å²) in [6.07, 6.45) is 7.16. The van der Waals surface area contributed by atoms with Crippen molar-refractivity contribution in [3.8, 4) is 0 Å². The van der Waals surface area contributed by atoms with Crippen molar-refractivity contribution in [2.45, 2.75) is 17.7 Å². The predicted molar refractivity (Wildman–Crippen MR) is 90.5 cm³/mol. The Morgan fingerprint density at radius 2 is 1.76 bits per heavy atom. The van der Waals surface area contributed by atoms with E-state index in [4.69, 9.17) is 4.42 Å². The largest absolute Gasteiger partial charge is 0.468 e. The summed E-state index contributed by atoms with van der Waals surface area (Å²) in [6.45, 7) is 0. The number of methoxy groups -OCH3 is 2. The van der Waals surface area contributed by atoms with Gasteiger partial charge in [-0.3, -0.25) is 19.0 Å². The number of carbonyl (C=O) groups excluding carboxylic acids is 3. The average molecular weight is 365 g/mol. The van der Waals surface area contributed by atoms with E-state index < -0.39 is 17.9 Å². The highest BCUT2D eigenvalue weighted by atomic mass is 32.2. The Hall–Kier alpha value is -2.48. The van der Waals surface area contributed by atoms with Gasteiger partial charge in [-0.05, 0) is 31.2 Å². The van der Waals surface area contributed by atoms with Gasteiger partial charge in [-0.2, -0.15) is 0 Å². The van der Waals surface area contributed by atoms with Crippen molar-refractivity contribution >= 4 is 29.6 Å². The Morgan fingerprint density at radius 1 is 1.16 bits per heavy atom. The van der Waals surface area contributed by atoms with E-state index in [1.165, 1.54) is 36.8 Å². The monoisotopic (exact) mass is 365 g/mol. The fraction of sp³-hybridized carbons (Fsp3) is 0.353. The third kappa shape index (κ3) is 4.14. The van der Waals surface area contributed by atoms with Crippen LogP contribution in [0.4, 0.5) is 0 Å². The first-order valence-corrected chi connectivity index (χ1v) is 8.73. The number of nitrogens with zero attached hydrogens (tertiary/aromatic N) is 1. The third-order valence-electron chi connectivity index (χ3n) is 3.73. The first-order chi connectivity index (χ1) is 12.0. The highest BCUT2D eigenvalue weighted by molar-refractivity contribution is 7.98. The molecule has 0 unspecified atom stereocenters. The molecule has 134 valence electrons. The number of aryl methyl sites for hydroxylation is 1. The minimum Gasteiger partial charge on any atom is -0.468 e. The van der Waals surface area contributed by atoms with Gasteiger partial charge in [0.15, 0.2) is 5.92 Å². The zero-order valence-corrected chi connectivity index (χ0v) is 15.0. The molecule has 0 fully saturated rings. The first kappa shape index (κ1) is 18.9. The van der Waals surface area contributed by atoms with E-state index in [9.17, 15) is 14.4 Å². The van der Waals surface area contributed by atoms with E-state index in [0.29, 0.717) is 11.3 Å². The molecule has 0 saturated carbocycles. The lowest BCUT2D eigenvalue weighted by Gasteiger charge is -2.12. The maximum Gasteiger partial charge on any atom is 0.320 e. The van der Waals surface area contributed by atoms with Crippen LogP contribution in [0.15, 0.2) is 40.1 Å². The van der Waals surface area contributed by atoms with Crippen LogP contribution in [0.5, 0.6) is 0 Å². The molecule has 2 heterocycles. The van der Waals surface area contributed by atoms with Gasteiger partial charge in [-0.1, -0.05) is 0 Å². The van der Waals surface area contributed by atoms with Crippen LogP contribution in [-0.4, -0.2) is 42.9 Å². The predicted octanol–water partition coefficient (Wildman–Crippen LogP) is 2.39. The summed E-state index contributed by atoms with van der Waals surface area (Å²) >= 11 is 1.37. The molecule has 2 aromatic heterocycles. The Morgan fingerprint density at radius 3 is 2.28 bits per heavy atom. The van der Waals surface area contributed by atoms with Crippen LogP contribution in [0.25, 0.3) is 0 Å². The molecule has 2 aromatic rings. The maximum absolute atomic E-state index is 12.5. The molecule has 0 radical (unpaired) electrons. The molecule has 2 rings (SSSR count). The van der Waals surface area contributed by atoms with Gasteiger partial charge in [0.1, 0.15) is 0 Å². The molecular formula is C17H19NO6S. The van der Waals surface area contributed by atoms with Crippen molar-refractivity contribution < 1.29 is 28.3 Å². The van der Waals surface area contributed by atoms with Crippen molar-refractivity contribution in [1.29, 1.82) is 0 Å². The molecule has 0 N–H and O–H groups in total. The summed E-state index contributed by atoms with van der Waals surface area (Å²) in [5, 5.41) is 0. The van der Waals surface area contributed by atoms with Crippen molar-refractivity contribution in [2.24, 2.45) is 5.92 Å². The summed E-state index contributed by atoms with van der Waals surface area (Å²) in [6, 6.07) is 3.50. The third-order valence-corrected chi connectivity index (χ3v) is 4.58. The number of furan rings is 1. The summed E-state index contributed by atoms with van der Waals surface area (Å²) in [4.78, 5) is 36.6. The van der Waals surface area contributed by atoms with Gasteiger partial charge in [-0.25, -0.2) is 0 Å². The highest BCUT2D eigenvalue weighted by Gasteiger charge is 2.29. The van der Waals surface area contributed by atoms with Gasteiger partial charge < -0.3 is 13.9 Å². The Labute approximate surface area is 149 Å². The molecule has 0 aliphatic heterocycles. The van der Waals surface area contributed by atoms with Crippen LogP contribution >= 0.6 is 11.8 Å². The summed E-state index contributed by atoms with van der Waals surface area (Å²) < 4.78 is 16.2. The highest BCUT2D eigenvalue weighted by Crippen LogP contribution is 2.30. The molecule has 0 aliphatic rings. The lowest BCUT2D eigenvalue weighted by molar-refractivity contribution is -0.159. The second-order valence-electron chi connectivity index (χ2n) is 5.16. The zero-order valence-electron chi connectivity index (χ0n) is 14.2. The van der Waals surface area contributed by atoms with Crippen LogP contribution in [0, 0.1) is 5.92 Å². The van der Waals surface area contributed by atoms with Crippen molar-refractivity contribution in [3.63, 3.8) is 0 Å². The van der Waals surface area contributed by atoms with E-state index >= 15 is 0 Å². The summed E-state index contributed by atoms with van der Waals surface area (Å²) in [5.74, 6) is -2.36. The Bertz CT molecular complexity index is 733. The standard InChI is InChI=1S/C17H19NO6S/c1-22-16(20)12(17(21)23-2)7-6-11-10-24-13(14(11)25-3)15(19)18-8-4-5-9-18/h4-5,8-10,12H,6-7H2,1-3H3. The normalized spacial score (nSPS) is 10.7. The number of rotatable bonds is 7. The summed E-state index contributed by atoms with van der Waals surface area (Å²) in [7, 11) is 2.44. The number of hydrogen-bond donors (Lipinski definition) is 0. The molecule has 8 heteroatoms. The van der Waals surface area contributed by atoms with Gasteiger partial charge >= 0.3 is 11.9 Å². The lowest BCUT2D eigenvalue weighted by atomic mass is 10.0. The van der Waals surface area contributed by atoms with Crippen LogP contribution in [0.3, 0.4) is 0 Å². The molecule has 25 heavy (non-hydrogen) atoms. The first-order valence-electron chi connectivity index (χ1n) is 7.51. The van der Waals surface area contributed by atoms with Crippen LogP contribution in [0.2, 0.25) is 0 Å². The Balaban J connectivity index is 2.19. The minimum absolute atomic E-state index is 0.198. The lowest BCUT2D eigenvalue weighted by Crippen LogP contribution is -2.27. The van der Waals surface area contributed by atoms with Crippen molar-refractivity contribution in [1.82, 2.24) is 4.57 Å². The van der Waals surface area contributed by atoms with Gasteiger partial charge in [-0.15, -0.1) is 11.8 Å². The molecular weight excluding hydrogens is 346 g/mol. The van der Waals surface area contributed by atoms with Gasteiger partial charge in [0.25, 0.3) is 5.91 Å². The smallest absolute Gasteiger partial charge is 0.320 e. The minimum atomic E-state index is -1.01. The van der Waals surface area contributed by atoms with Gasteiger partial charge in [0.2, 0.25) is 5.76 Å². The molecule has 0 atom stereocenters. The fourth-order valence-corrected chi connectivity index (χ4v) is 3.16. The van der Waals surface area contributed by atoms with E-state index in [0.717, 1.165) is 5.56 Å². The molecule has 0 spiro atoms. The zero-order chi connectivity index (χ0) is 18.4. The average Bonchev–Trinajstić information content (AvgIpc) is 3.30. The molecule has 0 aliphatic carbocycles. The van der Waals surface area contributed by atoms with E-state index in [1.807, 2.05) is 6.26 Å². The fourth-order valence-electron chi connectivity index (χ4n) is 2.43. The number of hydrogen-bond acceptors (Lipinski definition) is 7. The van der Waals surface area contributed by atoms with Crippen molar-refractivity contribution in [2.75, 3.05) is 20.5 Å². The van der Waals surface area contributed by atoms with Crippen LogP contribution < -0.4 is 0 Å². The quantitative estimate of drug-likeness (QED) is 0.423. The molecule has 7 nitrogen and oxygen atoms in total. The van der Waals surface area contributed by atoms with Gasteiger partial charge in [0.05, 0.1) is 25.4 Å². The topological polar surface area (TPSA) is 87.7 Å². The SMILES string of the molecule is COC(=O)C(CCc1coc(C(=O)n2cccc2)c1SC)C(=O)OC. The van der Waals surface area contributed by atoms with Crippen LogP contribution in [-0.2, 0) is 25.5 Å². The van der Waals surface area contributed by atoms with E-state index in [-0.39, 0.29) is 18.1 Å². The molecule has 0 amide bonds. The second-order valence-corrected chi connectivity index (χ2v) is 5.97. The second kappa shape index (κ2) is 8.57. The summed E-state index contributed by atoms with van der Waals surface area (Å²) in [5.41, 5.74) is 0.751. The number of thioether (sulfide) groups is 1. The Kier molecular flexibility index (Phi) is 6.46. The molecule has 0 aromatic carbocycles. The molecule has 0 saturated heterocycles. The van der Waals surface area contributed by atoms with E-state index in [1.54, 1.807) is 24.5 Å². The number of carbonyl (C=O) groups is 3. The van der Waals surface area contributed by atoms with Crippen molar-refractivity contribution in [3.05, 3.63) is 42.1 Å².